The molecule has 1 amide bonds. The van der Waals surface area contributed by atoms with Crippen molar-refractivity contribution >= 4 is 27.9 Å². The fraction of sp³-hybridized carbons (Fsp3) is 0.143. The van der Waals surface area contributed by atoms with Crippen molar-refractivity contribution in [1.82, 2.24) is 9.38 Å². The molecular formula is C21H17F2N3O2S. The van der Waals surface area contributed by atoms with Gasteiger partial charge < -0.3 is 10.1 Å². The van der Waals surface area contributed by atoms with Crippen LogP contribution in [0, 0.1) is 11.6 Å². The van der Waals surface area contributed by atoms with E-state index in [0.29, 0.717) is 6.61 Å². The van der Waals surface area contributed by atoms with Crippen molar-refractivity contribution in [2.75, 3.05) is 11.9 Å². The molecule has 0 atom stereocenters. The molecule has 0 radical (unpaired) electrons. The first kappa shape index (κ1) is 19.1. The lowest BCUT2D eigenvalue weighted by molar-refractivity contribution is -0.115. The minimum atomic E-state index is -1.00. The molecule has 2 aromatic heterocycles. The van der Waals surface area contributed by atoms with Gasteiger partial charge in [-0.1, -0.05) is 0 Å². The number of imidazole rings is 1. The van der Waals surface area contributed by atoms with Crippen LogP contribution in [0.3, 0.4) is 0 Å². The van der Waals surface area contributed by atoms with E-state index in [1.54, 1.807) is 0 Å². The summed E-state index contributed by atoms with van der Waals surface area (Å²) in [6.45, 7) is 2.54. The molecule has 2 aromatic carbocycles. The van der Waals surface area contributed by atoms with Gasteiger partial charge in [0, 0.05) is 34.6 Å². The summed E-state index contributed by atoms with van der Waals surface area (Å²) in [4.78, 5) is 17.7. The molecule has 5 nitrogen and oxygen atoms in total. The predicted molar refractivity (Wildman–Crippen MR) is 108 cm³/mol. The normalized spacial score (nSPS) is 11.0. The summed E-state index contributed by atoms with van der Waals surface area (Å²) in [5, 5.41) is 4.44. The minimum Gasteiger partial charge on any atom is -0.494 e. The van der Waals surface area contributed by atoms with Gasteiger partial charge in [0.15, 0.2) is 16.6 Å². The molecule has 4 aromatic rings. The predicted octanol–water partition coefficient (Wildman–Crippen LogP) is 4.92. The minimum absolute atomic E-state index is 0.0814. The highest BCUT2D eigenvalue weighted by Crippen LogP contribution is 2.26. The quantitative estimate of drug-likeness (QED) is 0.488. The molecule has 1 N–H and O–H groups in total. The standard InChI is InChI=1S/C21H17F2N3O2S/c1-2-28-16-6-3-13(4-7-16)19-11-26-15(12-29-21(26)25-19)10-20(27)24-14-5-8-17(22)18(23)9-14/h3-9,11-12H,2,10H2,1H3,(H,24,27). The van der Waals surface area contributed by atoms with Gasteiger partial charge in [0.1, 0.15) is 5.75 Å². The van der Waals surface area contributed by atoms with E-state index in [4.69, 9.17) is 4.74 Å². The van der Waals surface area contributed by atoms with E-state index in [2.05, 4.69) is 10.3 Å². The van der Waals surface area contributed by atoms with Crippen LogP contribution in [0.4, 0.5) is 14.5 Å². The number of carbonyl (C=O) groups excluding carboxylic acids is 1. The lowest BCUT2D eigenvalue weighted by Gasteiger charge is -2.05. The van der Waals surface area contributed by atoms with Crippen LogP contribution >= 0.6 is 11.3 Å². The molecule has 0 aliphatic heterocycles. The topological polar surface area (TPSA) is 55.6 Å². The Morgan fingerprint density at radius 3 is 2.69 bits per heavy atom. The Morgan fingerprint density at radius 2 is 1.97 bits per heavy atom. The van der Waals surface area contributed by atoms with Gasteiger partial charge in [0.2, 0.25) is 5.91 Å². The molecule has 8 heteroatoms. The fourth-order valence-electron chi connectivity index (χ4n) is 2.93. The monoisotopic (exact) mass is 413 g/mol. The van der Waals surface area contributed by atoms with Crippen molar-refractivity contribution < 1.29 is 18.3 Å². The molecule has 29 heavy (non-hydrogen) atoms. The molecule has 0 saturated heterocycles. The summed E-state index contributed by atoms with van der Waals surface area (Å²) in [7, 11) is 0. The van der Waals surface area contributed by atoms with Gasteiger partial charge in [0.05, 0.1) is 18.7 Å². The highest BCUT2D eigenvalue weighted by Gasteiger charge is 2.13. The molecular weight excluding hydrogens is 396 g/mol. The van der Waals surface area contributed by atoms with Gasteiger partial charge in [-0.05, 0) is 43.3 Å². The van der Waals surface area contributed by atoms with E-state index in [9.17, 15) is 13.6 Å². The number of benzene rings is 2. The molecule has 0 bridgehead atoms. The third-order valence-corrected chi connectivity index (χ3v) is 5.18. The average molecular weight is 413 g/mol. The second kappa shape index (κ2) is 8.00. The third-order valence-electron chi connectivity index (χ3n) is 4.29. The molecule has 0 unspecified atom stereocenters. The second-order valence-corrected chi connectivity index (χ2v) is 7.15. The number of halogens is 2. The molecule has 2 heterocycles. The Morgan fingerprint density at radius 1 is 1.17 bits per heavy atom. The summed E-state index contributed by atoms with van der Waals surface area (Å²) >= 11 is 1.43. The number of hydrogen-bond donors (Lipinski definition) is 1. The number of rotatable bonds is 6. The zero-order valence-electron chi connectivity index (χ0n) is 15.5. The van der Waals surface area contributed by atoms with Gasteiger partial charge >= 0.3 is 0 Å². The van der Waals surface area contributed by atoms with Crippen molar-refractivity contribution in [3.05, 3.63) is 71.4 Å². The lowest BCUT2D eigenvalue weighted by atomic mass is 10.1. The van der Waals surface area contributed by atoms with Crippen LogP contribution < -0.4 is 10.1 Å². The summed E-state index contributed by atoms with van der Waals surface area (Å²) in [5.41, 5.74) is 2.71. The number of thiazole rings is 1. The summed E-state index contributed by atoms with van der Waals surface area (Å²) in [5.74, 6) is -1.49. The highest BCUT2D eigenvalue weighted by atomic mass is 32.1. The molecule has 0 aliphatic rings. The number of nitrogens with zero attached hydrogens (tertiary/aromatic N) is 2. The Hall–Kier alpha value is -3.26. The van der Waals surface area contributed by atoms with Crippen LogP contribution in [-0.4, -0.2) is 21.9 Å². The first-order valence-electron chi connectivity index (χ1n) is 8.97. The van der Waals surface area contributed by atoms with Crippen LogP contribution in [0.25, 0.3) is 16.2 Å². The number of anilines is 1. The molecule has 4 rings (SSSR count). The van der Waals surface area contributed by atoms with Crippen molar-refractivity contribution in [3.63, 3.8) is 0 Å². The van der Waals surface area contributed by atoms with E-state index >= 15 is 0 Å². The molecule has 0 fully saturated rings. The number of nitrogens with one attached hydrogen (secondary N) is 1. The number of fused-ring (bicyclic) bond motifs is 1. The third kappa shape index (κ3) is 4.12. The zero-order valence-corrected chi connectivity index (χ0v) is 16.3. The number of aromatic nitrogens is 2. The van der Waals surface area contributed by atoms with Gasteiger partial charge in [-0.2, -0.15) is 0 Å². The maximum absolute atomic E-state index is 13.3. The van der Waals surface area contributed by atoms with Crippen molar-refractivity contribution in [1.29, 1.82) is 0 Å². The second-order valence-electron chi connectivity index (χ2n) is 6.32. The Bertz CT molecular complexity index is 1170. The largest absolute Gasteiger partial charge is 0.494 e. The van der Waals surface area contributed by atoms with E-state index in [1.165, 1.54) is 17.4 Å². The smallest absolute Gasteiger partial charge is 0.230 e. The lowest BCUT2D eigenvalue weighted by Crippen LogP contribution is -2.15. The number of carbonyl (C=O) groups is 1. The maximum Gasteiger partial charge on any atom is 0.230 e. The van der Waals surface area contributed by atoms with Crippen molar-refractivity contribution in [3.8, 4) is 17.0 Å². The van der Waals surface area contributed by atoms with E-state index in [0.717, 1.165) is 39.8 Å². The number of amides is 1. The molecule has 148 valence electrons. The van der Waals surface area contributed by atoms with Crippen LogP contribution in [0.5, 0.6) is 5.75 Å². The highest BCUT2D eigenvalue weighted by molar-refractivity contribution is 7.15. The van der Waals surface area contributed by atoms with Crippen molar-refractivity contribution in [2.45, 2.75) is 13.3 Å². The van der Waals surface area contributed by atoms with Gasteiger partial charge in [-0.3, -0.25) is 9.20 Å². The van der Waals surface area contributed by atoms with E-state index in [1.807, 2.05) is 47.2 Å². The first-order chi connectivity index (χ1) is 14.0. The van der Waals surface area contributed by atoms with Gasteiger partial charge in [0.25, 0.3) is 0 Å². The Kier molecular flexibility index (Phi) is 5.26. The number of ether oxygens (including phenoxy) is 1. The zero-order chi connectivity index (χ0) is 20.4. The van der Waals surface area contributed by atoms with Gasteiger partial charge in [-0.15, -0.1) is 11.3 Å². The fourth-order valence-corrected chi connectivity index (χ4v) is 3.80. The maximum atomic E-state index is 13.3. The van der Waals surface area contributed by atoms with Crippen LogP contribution in [0.15, 0.2) is 54.0 Å². The Balaban J connectivity index is 1.51. The van der Waals surface area contributed by atoms with E-state index in [-0.39, 0.29) is 18.0 Å². The van der Waals surface area contributed by atoms with Crippen LogP contribution in [0.2, 0.25) is 0 Å². The molecule has 0 spiro atoms. The molecule has 0 aliphatic carbocycles. The first-order valence-corrected chi connectivity index (χ1v) is 9.85. The molecule has 0 saturated carbocycles. The summed E-state index contributed by atoms with van der Waals surface area (Å²) < 4.78 is 33.6. The summed E-state index contributed by atoms with van der Waals surface area (Å²) in [6.07, 6.45) is 1.96. The van der Waals surface area contributed by atoms with Gasteiger partial charge in [-0.25, -0.2) is 13.8 Å². The summed E-state index contributed by atoms with van der Waals surface area (Å²) in [6, 6.07) is 10.9. The van der Waals surface area contributed by atoms with Crippen molar-refractivity contribution in [2.24, 2.45) is 0 Å². The van der Waals surface area contributed by atoms with Crippen LogP contribution in [0.1, 0.15) is 12.6 Å². The van der Waals surface area contributed by atoms with E-state index < -0.39 is 11.6 Å². The van der Waals surface area contributed by atoms with Crippen LogP contribution in [-0.2, 0) is 11.2 Å². The number of hydrogen-bond acceptors (Lipinski definition) is 4. The average Bonchev–Trinajstić information content (AvgIpc) is 3.28. The SMILES string of the molecule is CCOc1ccc(-c2cn3c(CC(=O)Nc4ccc(F)c(F)c4)csc3n2)cc1. The Labute approximate surface area is 169 Å².